The van der Waals surface area contributed by atoms with Gasteiger partial charge in [-0.2, -0.15) is 13.2 Å². The van der Waals surface area contributed by atoms with E-state index < -0.39 is 11.9 Å². The Morgan fingerprint density at radius 3 is 2.35 bits per heavy atom. The summed E-state index contributed by atoms with van der Waals surface area (Å²) in [5.74, 6) is -0.125. The number of pyridine rings is 1. The summed E-state index contributed by atoms with van der Waals surface area (Å²) in [4.78, 5) is 15.4. The van der Waals surface area contributed by atoms with Gasteiger partial charge >= 0.3 is 6.18 Å². The van der Waals surface area contributed by atoms with Crippen LogP contribution in [0.4, 0.5) is 13.2 Å². The zero-order valence-electron chi connectivity index (χ0n) is 11.9. The van der Waals surface area contributed by atoms with E-state index >= 15 is 0 Å². The van der Waals surface area contributed by atoms with Crippen molar-refractivity contribution in [2.24, 2.45) is 0 Å². The number of Topliss-reactive ketones (excluding diaryl/α,β-unsaturated/α-hetero) is 1. The highest BCUT2D eigenvalue weighted by molar-refractivity contribution is 5.96. The van der Waals surface area contributed by atoms with Crippen LogP contribution in [0.2, 0.25) is 0 Å². The van der Waals surface area contributed by atoms with E-state index in [1.165, 1.54) is 13.0 Å². The normalized spacial score (nSPS) is 11.7. The smallest absolute Gasteiger partial charge is 0.294 e. The van der Waals surface area contributed by atoms with Gasteiger partial charge in [0.25, 0.3) is 0 Å². The Morgan fingerprint density at radius 2 is 1.80 bits per heavy atom. The van der Waals surface area contributed by atoms with Crippen molar-refractivity contribution in [2.45, 2.75) is 58.5 Å². The lowest BCUT2D eigenvalue weighted by Gasteiger charge is -2.09. The van der Waals surface area contributed by atoms with Gasteiger partial charge in [-0.1, -0.05) is 32.6 Å². The molecule has 0 saturated heterocycles. The van der Waals surface area contributed by atoms with E-state index in [0.29, 0.717) is 12.0 Å². The van der Waals surface area contributed by atoms with Crippen LogP contribution in [0.15, 0.2) is 12.1 Å². The quantitative estimate of drug-likeness (QED) is 0.524. The number of carbonyl (C=O) groups excluding carboxylic acids is 1. The van der Waals surface area contributed by atoms with Gasteiger partial charge in [-0.15, -0.1) is 0 Å². The number of alkyl halides is 3. The Morgan fingerprint density at radius 1 is 1.15 bits per heavy atom. The summed E-state index contributed by atoms with van der Waals surface area (Å²) in [6, 6.07) is 2.11. The molecule has 0 N–H and O–H groups in total. The molecule has 5 heteroatoms. The third-order valence-electron chi connectivity index (χ3n) is 3.18. The van der Waals surface area contributed by atoms with Gasteiger partial charge in [-0.25, -0.2) is 4.98 Å². The summed E-state index contributed by atoms with van der Waals surface area (Å²) in [6.45, 7) is 3.56. The standard InChI is InChI=1S/C15H20F3NO/c1-3-4-5-6-7-8-13(20)12-9-10-14(15(16,17)18)19-11(12)2/h9-10H,3-8H2,1-2H3. The number of aryl methyl sites for hydroxylation is 1. The van der Waals surface area contributed by atoms with Crippen LogP contribution in [0.25, 0.3) is 0 Å². The van der Waals surface area contributed by atoms with E-state index in [4.69, 9.17) is 0 Å². The van der Waals surface area contributed by atoms with Gasteiger partial charge in [-0.05, 0) is 25.5 Å². The Labute approximate surface area is 117 Å². The van der Waals surface area contributed by atoms with Crippen molar-refractivity contribution in [1.29, 1.82) is 0 Å². The maximum absolute atomic E-state index is 12.5. The number of ketones is 1. The van der Waals surface area contributed by atoms with Crippen molar-refractivity contribution in [2.75, 3.05) is 0 Å². The van der Waals surface area contributed by atoms with Gasteiger partial charge in [0.1, 0.15) is 5.69 Å². The van der Waals surface area contributed by atoms with Crippen LogP contribution < -0.4 is 0 Å². The second-order valence-electron chi connectivity index (χ2n) is 4.91. The van der Waals surface area contributed by atoms with E-state index in [0.717, 1.165) is 38.2 Å². The first-order valence-corrected chi connectivity index (χ1v) is 6.94. The average molecular weight is 287 g/mol. The predicted molar refractivity (Wildman–Crippen MR) is 71.7 cm³/mol. The molecule has 1 aromatic rings. The summed E-state index contributed by atoms with van der Waals surface area (Å²) in [5, 5.41) is 0. The molecule has 1 heterocycles. The van der Waals surface area contributed by atoms with Gasteiger partial charge in [0.05, 0.1) is 0 Å². The fraction of sp³-hybridized carbons (Fsp3) is 0.600. The zero-order chi connectivity index (χ0) is 15.2. The lowest BCUT2D eigenvalue weighted by molar-refractivity contribution is -0.141. The fourth-order valence-corrected chi connectivity index (χ4v) is 2.04. The molecule has 1 aromatic heterocycles. The second kappa shape index (κ2) is 7.41. The Kier molecular flexibility index (Phi) is 6.17. The number of unbranched alkanes of at least 4 members (excludes halogenated alkanes) is 4. The highest BCUT2D eigenvalue weighted by atomic mass is 19.4. The van der Waals surface area contributed by atoms with Gasteiger partial charge in [0.15, 0.2) is 5.78 Å². The Hall–Kier alpha value is -1.39. The molecule has 0 fully saturated rings. The van der Waals surface area contributed by atoms with Crippen LogP contribution in [0.1, 0.15) is 67.2 Å². The third kappa shape index (κ3) is 4.94. The van der Waals surface area contributed by atoms with E-state index in [-0.39, 0.29) is 11.5 Å². The number of carbonyl (C=O) groups is 1. The number of rotatable bonds is 7. The summed E-state index contributed by atoms with van der Waals surface area (Å²) in [7, 11) is 0. The Bertz CT molecular complexity index is 455. The summed E-state index contributed by atoms with van der Waals surface area (Å²) in [6.07, 6.45) is 1.04. The van der Waals surface area contributed by atoms with Crippen LogP contribution in [0.3, 0.4) is 0 Å². The number of hydrogen-bond acceptors (Lipinski definition) is 2. The van der Waals surface area contributed by atoms with Crippen molar-refractivity contribution in [3.05, 3.63) is 29.1 Å². The average Bonchev–Trinajstić information content (AvgIpc) is 2.37. The molecular formula is C15H20F3NO. The largest absolute Gasteiger partial charge is 0.433 e. The van der Waals surface area contributed by atoms with Crippen molar-refractivity contribution < 1.29 is 18.0 Å². The van der Waals surface area contributed by atoms with Gasteiger partial charge in [0.2, 0.25) is 0 Å². The van der Waals surface area contributed by atoms with E-state index in [1.54, 1.807) is 0 Å². The zero-order valence-corrected chi connectivity index (χ0v) is 11.9. The molecule has 0 saturated carbocycles. The van der Waals surface area contributed by atoms with E-state index in [9.17, 15) is 18.0 Å². The predicted octanol–water partition coefficient (Wildman–Crippen LogP) is 4.95. The maximum atomic E-state index is 12.5. The number of nitrogens with zero attached hydrogens (tertiary/aromatic N) is 1. The molecule has 0 radical (unpaired) electrons. The molecule has 0 atom stereocenters. The molecule has 0 amide bonds. The monoisotopic (exact) mass is 287 g/mol. The Balaban J connectivity index is 2.61. The first-order chi connectivity index (χ1) is 9.36. The summed E-state index contributed by atoms with van der Waals surface area (Å²) >= 11 is 0. The fourth-order valence-electron chi connectivity index (χ4n) is 2.04. The van der Waals surface area contributed by atoms with Gasteiger partial charge < -0.3 is 0 Å². The second-order valence-corrected chi connectivity index (χ2v) is 4.91. The van der Waals surface area contributed by atoms with Crippen molar-refractivity contribution in [1.82, 2.24) is 4.98 Å². The van der Waals surface area contributed by atoms with Crippen LogP contribution in [-0.2, 0) is 6.18 Å². The van der Waals surface area contributed by atoms with Crippen LogP contribution in [-0.4, -0.2) is 10.8 Å². The minimum Gasteiger partial charge on any atom is -0.294 e. The highest BCUT2D eigenvalue weighted by Gasteiger charge is 2.32. The molecular weight excluding hydrogens is 267 g/mol. The molecule has 0 unspecified atom stereocenters. The van der Waals surface area contributed by atoms with Gasteiger partial charge in [0, 0.05) is 17.7 Å². The van der Waals surface area contributed by atoms with E-state index in [1.807, 2.05) is 0 Å². The van der Waals surface area contributed by atoms with Crippen molar-refractivity contribution >= 4 is 5.78 Å². The molecule has 0 spiro atoms. The number of aromatic nitrogens is 1. The molecule has 0 aliphatic rings. The summed E-state index contributed by atoms with van der Waals surface area (Å²) < 4.78 is 37.4. The van der Waals surface area contributed by atoms with Crippen molar-refractivity contribution in [3.63, 3.8) is 0 Å². The first kappa shape index (κ1) is 16.7. The number of hydrogen-bond donors (Lipinski definition) is 0. The molecule has 0 aliphatic carbocycles. The molecule has 20 heavy (non-hydrogen) atoms. The third-order valence-corrected chi connectivity index (χ3v) is 3.18. The summed E-state index contributed by atoms with van der Waals surface area (Å²) in [5.41, 5.74) is -0.499. The molecule has 0 aliphatic heterocycles. The van der Waals surface area contributed by atoms with Crippen LogP contribution in [0.5, 0.6) is 0 Å². The minimum atomic E-state index is -4.47. The molecule has 112 valence electrons. The van der Waals surface area contributed by atoms with Crippen LogP contribution >= 0.6 is 0 Å². The highest BCUT2D eigenvalue weighted by Crippen LogP contribution is 2.28. The molecule has 1 rings (SSSR count). The minimum absolute atomic E-state index is 0.125. The topological polar surface area (TPSA) is 30.0 Å². The molecule has 0 bridgehead atoms. The lowest BCUT2D eigenvalue weighted by Crippen LogP contribution is -2.11. The van der Waals surface area contributed by atoms with Gasteiger partial charge in [-0.3, -0.25) is 4.79 Å². The molecule has 2 nitrogen and oxygen atoms in total. The lowest BCUT2D eigenvalue weighted by atomic mass is 10.0. The van der Waals surface area contributed by atoms with E-state index in [2.05, 4.69) is 11.9 Å². The molecule has 0 aromatic carbocycles. The maximum Gasteiger partial charge on any atom is 0.433 e. The SMILES string of the molecule is CCCCCCCC(=O)c1ccc(C(F)(F)F)nc1C. The van der Waals surface area contributed by atoms with Crippen LogP contribution in [0, 0.1) is 6.92 Å². The first-order valence-electron chi connectivity index (χ1n) is 6.94. The van der Waals surface area contributed by atoms with Crippen molar-refractivity contribution in [3.8, 4) is 0 Å². The number of halogens is 3.